The Labute approximate surface area is 219 Å². The van der Waals surface area contributed by atoms with Crippen LogP contribution < -0.4 is 20.1 Å². The van der Waals surface area contributed by atoms with Crippen molar-refractivity contribution in [2.75, 3.05) is 17.3 Å². The van der Waals surface area contributed by atoms with Crippen molar-refractivity contribution in [2.45, 2.75) is 37.6 Å². The first-order chi connectivity index (χ1) is 18.4. The van der Waals surface area contributed by atoms with Gasteiger partial charge in [0.15, 0.2) is 5.78 Å². The van der Waals surface area contributed by atoms with Crippen molar-refractivity contribution < 1.29 is 28.6 Å². The number of carboxylic acids is 1. The van der Waals surface area contributed by atoms with Gasteiger partial charge < -0.3 is 20.0 Å². The fourth-order valence-corrected chi connectivity index (χ4v) is 5.29. The number of nitrogens with zero attached hydrogens (tertiary/aromatic N) is 1. The molecule has 0 bridgehead atoms. The summed E-state index contributed by atoms with van der Waals surface area (Å²) in [7, 11) is 1.55. The summed E-state index contributed by atoms with van der Waals surface area (Å²) in [5.74, 6) is -1.93. The van der Waals surface area contributed by atoms with Crippen LogP contribution in [0.4, 0.5) is 15.8 Å². The van der Waals surface area contributed by atoms with E-state index in [1.165, 1.54) is 17.0 Å². The Morgan fingerprint density at radius 1 is 1.00 bits per heavy atom. The van der Waals surface area contributed by atoms with Gasteiger partial charge in [-0.05, 0) is 66.3 Å². The maximum atomic E-state index is 14.0. The zero-order valence-corrected chi connectivity index (χ0v) is 20.8. The first kappa shape index (κ1) is 25.2. The van der Waals surface area contributed by atoms with Crippen molar-refractivity contribution in [2.24, 2.45) is 0 Å². The Morgan fingerprint density at radius 2 is 1.76 bits per heavy atom. The Hall–Kier alpha value is -4.46. The molecular weight excluding hydrogens is 487 g/mol. The molecule has 0 saturated carbocycles. The van der Waals surface area contributed by atoms with Crippen LogP contribution in [0.15, 0.2) is 84.1 Å². The van der Waals surface area contributed by atoms with Crippen LogP contribution in [0.5, 0.6) is 5.75 Å². The number of para-hydroxylation sites is 2. The number of carbonyl (C=O) groups excluding carboxylic acids is 3. The lowest BCUT2D eigenvalue weighted by atomic mass is 9.78. The highest BCUT2D eigenvalue weighted by Crippen LogP contribution is 2.47. The largest absolute Gasteiger partial charge is 0.550 e. The van der Waals surface area contributed by atoms with Gasteiger partial charge in [-0.15, -0.1) is 0 Å². The molecule has 1 N–H and O–H groups in total. The molecule has 3 aromatic rings. The molecular formula is C30H26FN2O5-. The first-order valence-electron chi connectivity index (χ1n) is 12.4. The third-order valence-corrected chi connectivity index (χ3v) is 7.05. The van der Waals surface area contributed by atoms with Crippen molar-refractivity contribution in [1.82, 2.24) is 0 Å². The van der Waals surface area contributed by atoms with Crippen molar-refractivity contribution in [3.63, 3.8) is 0 Å². The number of ketones is 1. The molecule has 0 aromatic heterocycles. The highest BCUT2D eigenvalue weighted by Gasteiger charge is 2.41. The topological polar surface area (TPSA) is 98.8 Å². The molecule has 1 aliphatic carbocycles. The van der Waals surface area contributed by atoms with Crippen LogP contribution in [-0.4, -0.2) is 24.8 Å². The Morgan fingerprint density at radius 3 is 2.47 bits per heavy atom. The molecule has 194 valence electrons. The minimum absolute atomic E-state index is 0.147. The van der Waals surface area contributed by atoms with Crippen molar-refractivity contribution in [3.8, 4) is 5.75 Å². The van der Waals surface area contributed by atoms with E-state index in [1.807, 2.05) is 18.2 Å². The second kappa shape index (κ2) is 10.5. The molecule has 2 atom stereocenters. The molecule has 1 heterocycles. The highest BCUT2D eigenvalue weighted by atomic mass is 19.1. The number of amides is 1. The summed E-state index contributed by atoms with van der Waals surface area (Å²) in [6.07, 6.45) is -0.144. The number of rotatable bonds is 6. The molecule has 0 radical (unpaired) electrons. The number of carboxylic acid groups (broad SMARTS) is 1. The zero-order valence-electron chi connectivity index (χ0n) is 20.8. The number of carbonyl (C=O) groups is 3. The molecule has 0 saturated heterocycles. The molecule has 38 heavy (non-hydrogen) atoms. The van der Waals surface area contributed by atoms with E-state index in [1.54, 1.807) is 49.6 Å². The summed E-state index contributed by atoms with van der Waals surface area (Å²) in [6.45, 7) is 0. The van der Waals surface area contributed by atoms with Gasteiger partial charge in [0.05, 0.1) is 24.5 Å². The van der Waals surface area contributed by atoms with Gasteiger partial charge >= 0.3 is 0 Å². The summed E-state index contributed by atoms with van der Waals surface area (Å²) >= 11 is 0. The molecule has 0 unspecified atom stereocenters. The van der Waals surface area contributed by atoms with Crippen LogP contribution in [0.1, 0.15) is 48.8 Å². The monoisotopic (exact) mass is 513 g/mol. The van der Waals surface area contributed by atoms with E-state index in [9.17, 15) is 23.9 Å². The predicted molar refractivity (Wildman–Crippen MR) is 138 cm³/mol. The summed E-state index contributed by atoms with van der Waals surface area (Å²) < 4.78 is 19.3. The van der Waals surface area contributed by atoms with E-state index < -0.39 is 24.3 Å². The van der Waals surface area contributed by atoms with E-state index in [2.05, 4.69) is 5.32 Å². The lowest BCUT2D eigenvalue weighted by molar-refractivity contribution is -0.305. The number of methoxy groups -OCH3 is 1. The number of aliphatic carboxylic acids is 1. The number of fused-ring (bicyclic) bond motifs is 1. The number of hydrogen-bond donors (Lipinski definition) is 1. The second-order valence-corrected chi connectivity index (χ2v) is 9.43. The minimum atomic E-state index is -1.33. The Kier molecular flexibility index (Phi) is 6.96. The number of anilines is 2. The number of Topliss-reactive ketones (excluding diaryl/α,β-unsaturated/α-hetero) is 1. The van der Waals surface area contributed by atoms with Crippen LogP contribution >= 0.6 is 0 Å². The molecule has 0 fully saturated rings. The highest BCUT2D eigenvalue weighted by molar-refractivity contribution is 6.06. The molecule has 1 amide bonds. The van der Waals surface area contributed by atoms with E-state index in [0.29, 0.717) is 40.4 Å². The van der Waals surface area contributed by atoms with Gasteiger partial charge in [-0.25, -0.2) is 4.39 Å². The number of halogens is 1. The predicted octanol–water partition coefficient (Wildman–Crippen LogP) is 4.27. The standard InChI is InChI=1S/C30H27FN2O5/c1-38-22-11-9-18(10-12-22)30-29-24(16-20(17-26(29)34)19-5-4-6-21(31)15-19)32-23-7-2-3-8-25(23)33(30)27(35)13-14-28(36)37/h2-12,15,20,30,32H,13-14,16-17H2,1H3,(H,36,37)/p-1/t20-,30-/m1/s1. The molecule has 1 aliphatic heterocycles. The number of benzene rings is 3. The summed E-state index contributed by atoms with van der Waals surface area (Å²) in [5.41, 5.74) is 3.63. The lowest BCUT2D eigenvalue weighted by Crippen LogP contribution is -2.39. The van der Waals surface area contributed by atoms with Crippen LogP contribution in [0.25, 0.3) is 0 Å². The number of ether oxygens (including phenoxy) is 1. The Balaban J connectivity index is 1.68. The van der Waals surface area contributed by atoms with E-state index in [-0.39, 0.29) is 30.4 Å². The summed E-state index contributed by atoms with van der Waals surface area (Å²) in [4.78, 5) is 40.2. The summed E-state index contributed by atoms with van der Waals surface area (Å²) in [5, 5.41) is 14.6. The van der Waals surface area contributed by atoms with Crippen molar-refractivity contribution >= 4 is 29.0 Å². The molecule has 8 heteroatoms. The maximum absolute atomic E-state index is 14.0. The van der Waals surface area contributed by atoms with Crippen LogP contribution in [0.2, 0.25) is 0 Å². The number of allylic oxidation sites excluding steroid dienone is 1. The van der Waals surface area contributed by atoms with Gasteiger partial charge in [-0.3, -0.25) is 14.5 Å². The fourth-order valence-electron chi connectivity index (χ4n) is 5.29. The normalized spacial score (nSPS) is 18.7. The van der Waals surface area contributed by atoms with Crippen LogP contribution in [0, 0.1) is 5.82 Å². The third-order valence-electron chi connectivity index (χ3n) is 7.05. The molecule has 0 spiro atoms. The Bertz CT molecular complexity index is 1430. The fraction of sp³-hybridized carbons (Fsp3) is 0.233. The van der Waals surface area contributed by atoms with Gasteiger partial charge in [0.25, 0.3) is 0 Å². The number of hydrogen-bond acceptors (Lipinski definition) is 6. The number of nitrogens with one attached hydrogen (secondary N) is 1. The third kappa shape index (κ3) is 4.89. The first-order valence-corrected chi connectivity index (χ1v) is 12.4. The van der Waals surface area contributed by atoms with Gasteiger partial charge in [-0.1, -0.05) is 36.4 Å². The van der Waals surface area contributed by atoms with Gasteiger partial charge in [0.1, 0.15) is 11.6 Å². The second-order valence-electron chi connectivity index (χ2n) is 9.43. The van der Waals surface area contributed by atoms with Crippen molar-refractivity contribution in [1.29, 1.82) is 0 Å². The quantitative estimate of drug-likeness (QED) is 0.529. The minimum Gasteiger partial charge on any atom is -0.550 e. The zero-order chi connectivity index (χ0) is 26.8. The molecule has 5 rings (SSSR count). The maximum Gasteiger partial charge on any atom is 0.228 e. The average Bonchev–Trinajstić information content (AvgIpc) is 3.06. The smallest absolute Gasteiger partial charge is 0.228 e. The average molecular weight is 514 g/mol. The van der Waals surface area contributed by atoms with E-state index >= 15 is 0 Å². The molecule has 3 aromatic carbocycles. The molecule has 2 aliphatic rings. The van der Waals surface area contributed by atoms with Gasteiger partial charge in [0, 0.05) is 30.1 Å². The van der Waals surface area contributed by atoms with Crippen LogP contribution in [0.3, 0.4) is 0 Å². The van der Waals surface area contributed by atoms with E-state index in [4.69, 9.17) is 4.74 Å². The van der Waals surface area contributed by atoms with Gasteiger partial charge in [-0.2, -0.15) is 0 Å². The SMILES string of the molecule is COc1ccc([C@@H]2C3=C(C[C@@H](c4cccc(F)c4)CC3=O)Nc3ccccc3N2C(=O)CCC(=O)[O-])cc1. The summed E-state index contributed by atoms with van der Waals surface area (Å²) in [6, 6.07) is 19.8. The van der Waals surface area contributed by atoms with Crippen molar-refractivity contribution in [3.05, 3.63) is 101 Å². The van der Waals surface area contributed by atoms with E-state index in [0.717, 1.165) is 5.56 Å². The lowest BCUT2D eigenvalue weighted by Gasteiger charge is -2.35. The molecule has 7 nitrogen and oxygen atoms in total. The van der Waals surface area contributed by atoms with Gasteiger partial charge in [0.2, 0.25) is 5.91 Å². The van der Waals surface area contributed by atoms with Crippen LogP contribution in [-0.2, 0) is 14.4 Å².